The first-order valence-electron chi connectivity index (χ1n) is 16.9. The van der Waals surface area contributed by atoms with Gasteiger partial charge in [-0.15, -0.1) is 0 Å². The lowest BCUT2D eigenvalue weighted by molar-refractivity contribution is -0.141. The van der Waals surface area contributed by atoms with E-state index in [0.29, 0.717) is 5.56 Å². The Bertz CT molecular complexity index is 1690. The summed E-state index contributed by atoms with van der Waals surface area (Å²) in [6.07, 6.45) is -2.55. The summed E-state index contributed by atoms with van der Waals surface area (Å²) in [5.74, 6) is -3.13. The number of nitrogens with one attached hydrogen (secondary N) is 2. The molecule has 298 valence electrons. The van der Waals surface area contributed by atoms with Crippen molar-refractivity contribution in [1.29, 1.82) is 0 Å². The lowest BCUT2D eigenvalue weighted by atomic mass is 10.0. The Labute approximate surface area is 346 Å². The Morgan fingerprint density at radius 2 is 1.05 bits per heavy atom. The minimum Gasteiger partial charge on any atom is -0.455 e. The third kappa shape index (κ3) is 18.5. The van der Waals surface area contributed by atoms with Gasteiger partial charge in [0.25, 0.3) is 0 Å². The van der Waals surface area contributed by atoms with Crippen molar-refractivity contribution >= 4 is 81.4 Å². The zero-order valence-electron chi connectivity index (χ0n) is 30.7. The van der Waals surface area contributed by atoms with Gasteiger partial charge in [-0.25, -0.2) is 24.0 Å². The standard InChI is InChI=1S/C36H41IN2O10.C2H3IO3/c1-23(2)31(38-35(43)45-20-26-11-7-5-8-12-26)33(41)48-28-17-15-25(16-18-30(40)47-22-37)19-29(28)49-34(42)32(24(3)4)39-36(44)46-21-27-13-9-6-10-14-27;3-1-6-2(4)5/h5-15,17,19,23-24,31-32H,16,18,20-22H2,1-4H3,(H,38,43)(H,39,44);1H2,(H,4,5)/t31-,32-;/m0./s1. The number of hydrogen-bond acceptors (Lipinski definition) is 12. The monoisotopic (exact) mass is 990 g/mol. The van der Waals surface area contributed by atoms with E-state index in [1.54, 1.807) is 80.6 Å². The van der Waals surface area contributed by atoms with Gasteiger partial charge in [-0.1, -0.05) is 94.4 Å². The second-order valence-electron chi connectivity index (χ2n) is 12.1. The van der Waals surface area contributed by atoms with E-state index in [9.17, 15) is 28.8 Å². The van der Waals surface area contributed by atoms with Gasteiger partial charge in [0.05, 0.1) is 0 Å². The molecule has 3 aromatic carbocycles. The molecule has 0 saturated heterocycles. The largest absolute Gasteiger partial charge is 0.506 e. The smallest absolute Gasteiger partial charge is 0.455 e. The molecule has 0 aromatic heterocycles. The summed E-state index contributed by atoms with van der Waals surface area (Å²) in [4.78, 5) is 73.4. The van der Waals surface area contributed by atoms with Crippen LogP contribution in [0.2, 0.25) is 0 Å². The maximum absolute atomic E-state index is 13.5. The van der Waals surface area contributed by atoms with Crippen molar-refractivity contribution < 1.29 is 62.3 Å². The molecule has 3 aromatic rings. The molecule has 0 aliphatic carbocycles. The number of ether oxygens (including phenoxy) is 6. The normalized spacial score (nSPS) is 11.5. The zero-order valence-corrected chi connectivity index (χ0v) is 35.0. The van der Waals surface area contributed by atoms with Crippen molar-refractivity contribution in [3.8, 4) is 11.5 Å². The Hall–Kier alpha value is -4.66. The number of carbonyl (C=O) groups excluding carboxylic acids is 5. The van der Waals surface area contributed by atoms with Crippen molar-refractivity contribution in [3.63, 3.8) is 0 Å². The van der Waals surface area contributed by atoms with Crippen LogP contribution >= 0.6 is 45.2 Å². The van der Waals surface area contributed by atoms with E-state index in [1.165, 1.54) is 12.1 Å². The molecule has 0 heterocycles. The molecule has 0 aliphatic rings. The second kappa shape index (κ2) is 25.4. The van der Waals surface area contributed by atoms with E-state index in [-0.39, 0.29) is 46.8 Å². The van der Waals surface area contributed by atoms with Gasteiger partial charge in [0, 0.05) is 6.42 Å². The number of esters is 3. The SMILES string of the molecule is CC(C)[C@H](NC(=O)OCc1ccccc1)C(=O)Oc1ccc(CCC(=O)OCI)cc1OC(=O)[C@@H](NC(=O)OCc1ccccc1)C(C)C.O=C(O)OCI. The van der Waals surface area contributed by atoms with E-state index in [1.807, 2.05) is 59.0 Å². The highest BCUT2D eigenvalue weighted by atomic mass is 127. The van der Waals surface area contributed by atoms with Gasteiger partial charge in [-0.2, -0.15) is 0 Å². The van der Waals surface area contributed by atoms with Crippen LogP contribution in [0.4, 0.5) is 14.4 Å². The van der Waals surface area contributed by atoms with Crippen LogP contribution in [-0.4, -0.2) is 62.7 Å². The molecule has 15 nitrogen and oxygen atoms in total. The topological polar surface area (TPSA) is 202 Å². The summed E-state index contributed by atoms with van der Waals surface area (Å²) >= 11 is 3.72. The maximum atomic E-state index is 13.5. The fourth-order valence-corrected chi connectivity index (χ4v) is 5.03. The number of benzene rings is 3. The number of alkyl carbamates (subject to hydrolysis) is 2. The van der Waals surface area contributed by atoms with Gasteiger partial charge in [-0.05, 0) is 92.3 Å². The molecular formula is C38H44I2N2O13. The van der Waals surface area contributed by atoms with Crippen LogP contribution < -0.4 is 20.1 Å². The molecular weight excluding hydrogens is 946 g/mol. The van der Waals surface area contributed by atoms with Crippen molar-refractivity contribution in [2.45, 2.75) is 65.8 Å². The fraction of sp³-hybridized carbons (Fsp3) is 0.368. The van der Waals surface area contributed by atoms with Crippen LogP contribution in [0.25, 0.3) is 0 Å². The van der Waals surface area contributed by atoms with Gasteiger partial charge in [0.2, 0.25) is 0 Å². The van der Waals surface area contributed by atoms with Gasteiger partial charge in [-0.3, -0.25) is 4.79 Å². The zero-order chi connectivity index (χ0) is 40.8. The van der Waals surface area contributed by atoms with Crippen LogP contribution in [0.3, 0.4) is 0 Å². The highest BCUT2D eigenvalue weighted by Crippen LogP contribution is 2.31. The summed E-state index contributed by atoms with van der Waals surface area (Å²) in [5, 5.41) is 12.8. The second-order valence-corrected chi connectivity index (χ2v) is 13.4. The summed E-state index contributed by atoms with van der Waals surface area (Å²) in [6, 6.07) is 20.4. The third-order valence-corrected chi connectivity index (χ3v) is 7.88. The molecule has 0 unspecified atom stereocenters. The number of amides is 2. The molecule has 3 N–H and O–H groups in total. The molecule has 0 aliphatic heterocycles. The van der Waals surface area contributed by atoms with E-state index < -0.39 is 60.2 Å². The highest BCUT2D eigenvalue weighted by Gasteiger charge is 2.31. The minimum absolute atomic E-state index is 0.000470. The number of alkyl halides is 2. The Kier molecular flexibility index (Phi) is 21.5. The first-order chi connectivity index (χ1) is 26.2. The third-order valence-electron chi connectivity index (χ3n) is 7.25. The number of rotatable bonds is 17. The first kappa shape index (κ1) is 46.5. The van der Waals surface area contributed by atoms with E-state index in [4.69, 9.17) is 28.8 Å². The minimum atomic E-state index is -1.22. The first-order valence-corrected chi connectivity index (χ1v) is 19.9. The van der Waals surface area contributed by atoms with Crippen molar-refractivity contribution in [1.82, 2.24) is 10.6 Å². The number of halogens is 2. The van der Waals surface area contributed by atoms with Crippen LogP contribution in [0, 0.1) is 11.8 Å². The van der Waals surface area contributed by atoms with Gasteiger partial charge >= 0.3 is 36.2 Å². The average molecular weight is 991 g/mol. The lowest BCUT2D eigenvalue weighted by Gasteiger charge is -2.23. The Morgan fingerprint density at radius 1 is 0.600 bits per heavy atom. The summed E-state index contributed by atoms with van der Waals surface area (Å²) in [5.41, 5.74) is 2.13. The molecule has 2 amide bonds. The molecule has 55 heavy (non-hydrogen) atoms. The molecule has 17 heteroatoms. The molecule has 0 bridgehead atoms. The van der Waals surface area contributed by atoms with Crippen molar-refractivity contribution in [2.24, 2.45) is 11.8 Å². The molecule has 0 saturated carbocycles. The molecule has 0 radical (unpaired) electrons. The predicted octanol–water partition coefficient (Wildman–Crippen LogP) is 7.34. The molecule has 0 fully saturated rings. The Balaban J connectivity index is 0.00000161. The Morgan fingerprint density at radius 3 is 1.45 bits per heavy atom. The highest BCUT2D eigenvalue weighted by molar-refractivity contribution is 14.1. The number of aryl methyl sites for hydroxylation is 1. The molecule has 3 rings (SSSR count). The van der Waals surface area contributed by atoms with Crippen LogP contribution in [0.1, 0.15) is 50.8 Å². The fourth-order valence-electron chi connectivity index (χ4n) is 4.42. The summed E-state index contributed by atoms with van der Waals surface area (Å²) < 4.78 is 31.3. The van der Waals surface area contributed by atoms with Crippen LogP contribution in [0.5, 0.6) is 11.5 Å². The quantitative estimate of drug-likeness (QED) is 0.0399. The van der Waals surface area contributed by atoms with E-state index in [2.05, 4.69) is 15.4 Å². The molecule has 2 atom stereocenters. The maximum Gasteiger partial charge on any atom is 0.506 e. The number of carboxylic acid groups (broad SMARTS) is 1. The van der Waals surface area contributed by atoms with E-state index >= 15 is 0 Å². The number of carbonyl (C=O) groups is 6. The average Bonchev–Trinajstić information content (AvgIpc) is 3.15. The summed E-state index contributed by atoms with van der Waals surface area (Å²) in [6.45, 7) is 6.88. The van der Waals surface area contributed by atoms with Crippen molar-refractivity contribution in [2.75, 3.05) is 9.23 Å². The van der Waals surface area contributed by atoms with Crippen LogP contribution in [0.15, 0.2) is 78.9 Å². The van der Waals surface area contributed by atoms with E-state index in [0.717, 1.165) is 11.1 Å². The number of hydrogen-bond donors (Lipinski definition) is 3. The molecule has 0 spiro atoms. The lowest BCUT2D eigenvalue weighted by Crippen LogP contribution is -2.47. The van der Waals surface area contributed by atoms with Gasteiger partial charge in [0.15, 0.2) is 11.5 Å². The van der Waals surface area contributed by atoms with Crippen LogP contribution in [-0.2, 0) is 53.0 Å². The predicted molar refractivity (Wildman–Crippen MR) is 216 cm³/mol. The van der Waals surface area contributed by atoms with Gasteiger partial charge in [0.1, 0.15) is 34.5 Å². The van der Waals surface area contributed by atoms with Gasteiger partial charge < -0.3 is 44.2 Å². The van der Waals surface area contributed by atoms with Crippen molar-refractivity contribution in [3.05, 3.63) is 95.6 Å². The summed E-state index contributed by atoms with van der Waals surface area (Å²) in [7, 11) is 0.